The monoisotopic (exact) mass is 307 g/mol. The molecule has 0 radical (unpaired) electrons. The highest BCUT2D eigenvalue weighted by molar-refractivity contribution is 5.46. The van der Waals surface area contributed by atoms with Gasteiger partial charge in [0.15, 0.2) is 0 Å². The Labute approximate surface area is 133 Å². The van der Waals surface area contributed by atoms with E-state index in [2.05, 4.69) is 35.9 Å². The molecule has 2 fully saturated rings. The zero-order chi connectivity index (χ0) is 15.6. The van der Waals surface area contributed by atoms with Gasteiger partial charge in [-0.1, -0.05) is 13.8 Å². The summed E-state index contributed by atoms with van der Waals surface area (Å²) >= 11 is 0. The third kappa shape index (κ3) is 3.46. The van der Waals surface area contributed by atoms with Crippen molar-refractivity contribution >= 4 is 5.69 Å². The number of aromatic nitrogens is 2. The van der Waals surface area contributed by atoms with Crippen molar-refractivity contribution in [2.45, 2.75) is 64.6 Å². The Bertz CT molecular complexity index is 487. The first-order valence-corrected chi connectivity index (χ1v) is 8.59. The van der Waals surface area contributed by atoms with Gasteiger partial charge in [-0.25, -0.2) is 0 Å². The highest BCUT2D eigenvalue weighted by Gasteiger charge is 2.39. The van der Waals surface area contributed by atoms with Crippen molar-refractivity contribution in [1.29, 1.82) is 0 Å². The first kappa shape index (κ1) is 15.8. The Hall–Kier alpha value is -1.07. The highest BCUT2D eigenvalue weighted by atomic mass is 16.5. The highest BCUT2D eigenvalue weighted by Crippen LogP contribution is 2.35. The minimum Gasteiger partial charge on any atom is -0.381 e. The van der Waals surface area contributed by atoms with Gasteiger partial charge in [-0.2, -0.15) is 5.10 Å². The van der Waals surface area contributed by atoms with Gasteiger partial charge in [-0.3, -0.25) is 4.68 Å². The smallest absolute Gasteiger partial charge is 0.0758 e. The summed E-state index contributed by atoms with van der Waals surface area (Å²) in [6.07, 6.45) is 6.17. The molecule has 0 bridgehead atoms. The summed E-state index contributed by atoms with van der Waals surface area (Å²) in [5.74, 6) is 0.611. The predicted octanol–water partition coefficient (Wildman–Crippen LogP) is 2.99. The van der Waals surface area contributed by atoms with Crippen LogP contribution < -0.4 is 5.32 Å². The minimum atomic E-state index is 0.0377. The van der Waals surface area contributed by atoms with Gasteiger partial charge in [0.05, 0.1) is 23.2 Å². The van der Waals surface area contributed by atoms with Crippen LogP contribution in [0.1, 0.15) is 45.2 Å². The maximum absolute atomic E-state index is 6.12. The van der Waals surface area contributed by atoms with E-state index in [1.807, 2.05) is 6.20 Å². The average molecular weight is 307 g/mol. The number of anilines is 1. The van der Waals surface area contributed by atoms with Crippen molar-refractivity contribution in [2.24, 2.45) is 5.92 Å². The van der Waals surface area contributed by atoms with Gasteiger partial charge >= 0.3 is 0 Å². The number of hydrogen-bond acceptors (Lipinski definition) is 4. The molecule has 22 heavy (non-hydrogen) atoms. The van der Waals surface area contributed by atoms with Gasteiger partial charge in [0, 0.05) is 32.4 Å². The molecule has 124 valence electrons. The van der Waals surface area contributed by atoms with Gasteiger partial charge < -0.3 is 14.8 Å². The Morgan fingerprint density at radius 2 is 2.14 bits per heavy atom. The van der Waals surface area contributed by atoms with Crippen LogP contribution >= 0.6 is 0 Å². The molecule has 2 saturated heterocycles. The number of nitrogens with zero attached hydrogens (tertiary/aromatic N) is 2. The molecule has 5 nitrogen and oxygen atoms in total. The standard InChI is InChI=1S/C17H29N3O2/c1-13(2)12-20-14(3)16(11-18-20)19-15-4-7-22-17(10-15)5-8-21-9-6-17/h11,13,15,19H,4-10,12H2,1-3H3. The molecular formula is C17H29N3O2. The van der Waals surface area contributed by atoms with Crippen LogP contribution in [0.25, 0.3) is 0 Å². The molecule has 1 spiro atoms. The first-order valence-electron chi connectivity index (χ1n) is 8.59. The molecular weight excluding hydrogens is 278 g/mol. The van der Waals surface area contributed by atoms with Crippen LogP contribution in [-0.4, -0.2) is 41.2 Å². The fourth-order valence-electron chi connectivity index (χ4n) is 3.58. The summed E-state index contributed by atoms with van der Waals surface area (Å²) in [5, 5.41) is 8.24. The maximum atomic E-state index is 6.12. The summed E-state index contributed by atoms with van der Waals surface area (Å²) < 4.78 is 13.7. The SMILES string of the molecule is Cc1c(NC2CCOC3(CCOCC3)C2)cnn1CC(C)C. The zero-order valence-corrected chi connectivity index (χ0v) is 14.1. The molecule has 2 aliphatic heterocycles. The lowest BCUT2D eigenvalue weighted by molar-refractivity contribution is -0.135. The van der Waals surface area contributed by atoms with E-state index < -0.39 is 0 Å². The number of hydrogen-bond donors (Lipinski definition) is 1. The van der Waals surface area contributed by atoms with Crippen LogP contribution in [0.5, 0.6) is 0 Å². The summed E-state index contributed by atoms with van der Waals surface area (Å²) in [5.41, 5.74) is 2.45. The van der Waals surface area contributed by atoms with E-state index in [1.54, 1.807) is 0 Å². The van der Waals surface area contributed by atoms with E-state index >= 15 is 0 Å². The second-order valence-corrected chi connectivity index (χ2v) is 7.20. The Balaban J connectivity index is 1.64. The van der Waals surface area contributed by atoms with Crippen LogP contribution in [-0.2, 0) is 16.0 Å². The maximum Gasteiger partial charge on any atom is 0.0758 e. The summed E-state index contributed by atoms with van der Waals surface area (Å²) in [6.45, 7) is 10.1. The average Bonchev–Trinajstić information content (AvgIpc) is 2.81. The molecule has 0 amide bonds. The fraction of sp³-hybridized carbons (Fsp3) is 0.824. The minimum absolute atomic E-state index is 0.0377. The molecule has 0 aromatic carbocycles. The molecule has 1 unspecified atom stereocenters. The van der Waals surface area contributed by atoms with E-state index in [9.17, 15) is 0 Å². The molecule has 3 heterocycles. The largest absolute Gasteiger partial charge is 0.381 e. The Morgan fingerprint density at radius 1 is 1.36 bits per heavy atom. The topological polar surface area (TPSA) is 48.3 Å². The fourth-order valence-corrected chi connectivity index (χ4v) is 3.58. The lowest BCUT2D eigenvalue weighted by Gasteiger charge is -2.43. The summed E-state index contributed by atoms with van der Waals surface area (Å²) in [7, 11) is 0. The van der Waals surface area contributed by atoms with Crippen molar-refractivity contribution in [3.05, 3.63) is 11.9 Å². The lowest BCUT2D eigenvalue weighted by atomic mass is 9.84. The van der Waals surface area contributed by atoms with Crippen LogP contribution in [0.15, 0.2) is 6.20 Å². The van der Waals surface area contributed by atoms with Gasteiger partial charge in [-0.05, 0) is 38.5 Å². The quantitative estimate of drug-likeness (QED) is 0.929. The van der Waals surface area contributed by atoms with E-state index in [0.717, 1.165) is 52.0 Å². The normalized spacial score (nSPS) is 24.8. The molecule has 1 atom stereocenters. The second kappa shape index (κ2) is 6.59. The van der Waals surface area contributed by atoms with Gasteiger partial charge in [0.25, 0.3) is 0 Å². The van der Waals surface area contributed by atoms with Gasteiger partial charge in [-0.15, -0.1) is 0 Å². The van der Waals surface area contributed by atoms with Crippen molar-refractivity contribution < 1.29 is 9.47 Å². The van der Waals surface area contributed by atoms with Crippen molar-refractivity contribution in [3.8, 4) is 0 Å². The third-order valence-corrected chi connectivity index (χ3v) is 4.90. The van der Waals surface area contributed by atoms with E-state index in [1.165, 1.54) is 11.4 Å². The van der Waals surface area contributed by atoms with E-state index in [4.69, 9.17) is 9.47 Å². The second-order valence-electron chi connectivity index (χ2n) is 7.20. The number of ether oxygens (including phenoxy) is 2. The van der Waals surface area contributed by atoms with E-state index in [0.29, 0.717) is 12.0 Å². The van der Waals surface area contributed by atoms with Crippen molar-refractivity contribution in [2.75, 3.05) is 25.1 Å². The first-order chi connectivity index (χ1) is 10.6. The molecule has 0 aliphatic carbocycles. The molecule has 5 heteroatoms. The molecule has 3 rings (SSSR count). The van der Waals surface area contributed by atoms with E-state index in [-0.39, 0.29) is 5.60 Å². The van der Waals surface area contributed by atoms with Crippen LogP contribution in [0.3, 0.4) is 0 Å². The molecule has 1 N–H and O–H groups in total. The van der Waals surface area contributed by atoms with Crippen LogP contribution in [0.4, 0.5) is 5.69 Å². The van der Waals surface area contributed by atoms with Crippen molar-refractivity contribution in [1.82, 2.24) is 9.78 Å². The summed E-state index contributed by atoms with van der Waals surface area (Å²) in [4.78, 5) is 0. The van der Waals surface area contributed by atoms with Crippen LogP contribution in [0, 0.1) is 12.8 Å². The lowest BCUT2D eigenvalue weighted by Crippen LogP contribution is -2.47. The van der Waals surface area contributed by atoms with Crippen molar-refractivity contribution in [3.63, 3.8) is 0 Å². The van der Waals surface area contributed by atoms with Crippen LogP contribution in [0.2, 0.25) is 0 Å². The Kier molecular flexibility index (Phi) is 4.73. The summed E-state index contributed by atoms with van der Waals surface area (Å²) in [6, 6.07) is 0.474. The molecule has 1 aromatic rings. The zero-order valence-electron chi connectivity index (χ0n) is 14.1. The Morgan fingerprint density at radius 3 is 2.86 bits per heavy atom. The van der Waals surface area contributed by atoms with Gasteiger partial charge in [0.1, 0.15) is 0 Å². The molecule has 2 aliphatic rings. The number of rotatable bonds is 4. The third-order valence-electron chi connectivity index (χ3n) is 4.90. The molecule has 0 saturated carbocycles. The molecule has 1 aromatic heterocycles. The van der Waals surface area contributed by atoms with Gasteiger partial charge in [0.2, 0.25) is 0 Å². The predicted molar refractivity (Wildman–Crippen MR) is 87.2 cm³/mol. The number of nitrogens with one attached hydrogen (secondary N) is 1.